The molecule has 2 fully saturated rings. The fourth-order valence-electron chi connectivity index (χ4n) is 3.08. The van der Waals surface area contributed by atoms with Crippen molar-refractivity contribution >= 4 is 5.91 Å². The van der Waals surface area contributed by atoms with Gasteiger partial charge >= 0.3 is 6.18 Å². The van der Waals surface area contributed by atoms with Gasteiger partial charge in [0.25, 0.3) is 5.91 Å². The van der Waals surface area contributed by atoms with E-state index in [0.717, 1.165) is 25.0 Å². The monoisotopic (exact) mass is 338 g/mol. The van der Waals surface area contributed by atoms with Gasteiger partial charge in [0.15, 0.2) is 0 Å². The van der Waals surface area contributed by atoms with Crippen LogP contribution < -0.4 is 0 Å². The third-order valence-corrected chi connectivity index (χ3v) is 4.41. The molecule has 128 valence electrons. The lowest BCUT2D eigenvalue weighted by atomic mass is 10.00. The van der Waals surface area contributed by atoms with Crippen molar-refractivity contribution < 1.29 is 22.7 Å². The number of rotatable bonds is 3. The van der Waals surface area contributed by atoms with Gasteiger partial charge in [-0.05, 0) is 37.5 Å². The molecule has 0 spiro atoms. The predicted molar refractivity (Wildman–Crippen MR) is 79.0 cm³/mol. The summed E-state index contributed by atoms with van der Waals surface area (Å²) in [5.41, 5.74) is -0.789. The minimum atomic E-state index is -4.48. The van der Waals surface area contributed by atoms with Crippen LogP contribution in [-0.2, 0) is 10.9 Å². The summed E-state index contributed by atoms with van der Waals surface area (Å²) in [5, 5.41) is 9.02. The molecule has 7 heteroatoms. The van der Waals surface area contributed by atoms with Gasteiger partial charge in [-0.15, -0.1) is 0 Å². The fraction of sp³-hybridized carbons (Fsp3) is 0.529. The molecule has 2 aliphatic rings. The van der Waals surface area contributed by atoms with Crippen LogP contribution in [0.15, 0.2) is 24.3 Å². The van der Waals surface area contributed by atoms with E-state index in [1.807, 2.05) is 6.07 Å². The molecule has 24 heavy (non-hydrogen) atoms. The smallest absolute Gasteiger partial charge is 0.363 e. The first-order valence-electron chi connectivity index (χ1n) is 7.91. The summed E-state index contributed by atoms with van der Waals surface area (Å²) in [6.45, 7) is 0.377. The Hall–Kier alpha value is -2.07. The van der Waals surface area contributed by atoms with Crippen molar-refractivity contribution in [3.63, 3.8) is 0 Å². The second-order valence-corrected chi connectivity index (χ2v) is 6.19. The zero-order valence-corrected chi connectivity index (χ0v) is 12.9. The molecule has 4 nitrogen and oxygen atoms in total. The van der Waals surface area contributed by atoms with E-state index in [0.29, 0.717) is 19.4 Å². The predicted octanol–water partition coefficient (Wildman–Crippen LogP) is 3.38. The fourth-order valence-corrected chi connectivity index (χ4v) is 3.08. The average molecular weight is 338 g/mol. The van der Waals surface area contributed by atoms with Crippen LogP contribution >= 0.6 is 0 Å². The molecule has 1 saturated heterocycles. The van der Waals surface area contributed by atoms with Crippen LogP contribution in [0.1, 0.15) is 41.6 Å². The maximum absolute atomic E-state index is 12.9. The molecular weight excluding hydrogens is 321 g/mol. The number of hydrogen-bond acceptors (Lipinski definition) is 3. The van der Waals surface area contributed by atoms with E-state index in [1.54, 1.807) is 4.90 Å². The van der Waals surface area contributed by atoms with Gasteiger partial charge in [0.2, 0.25) is 0 Å². The molecule has 0 radical (unpaired) electrons. The third kappa shape index (κ3) is 3.54. The highest BCUT2D eigenvalue weighted by Gasteiger charge is 2.40. The number of amides is 1. The average Bonchev–Trinajstić information content (AvgIpc) is 3.39. The van der Waals surface area contributed by atoms with Crippen molar-refractivity contribution in [1.82, 2.24) is 4.90 Å². The number of benzene rings is 1. The van der Waals surface area contributed by atoms with Gasteiger partial charge in [0.05, 0.1) is 18.2 Å². The zero-order valence-electron chi connectivity index (χ0n) is 12.9. The summed E-state index contributed by atoms with van der Waals surface area (Å²) < 4.78 is 43.9. The molecule has 3 rings (SSSR count). The second-order valence-electron chi connectivity index (χ2n) is 6.19. The zero-order chi connectivity index (χ0) is 17.3. The Balaban J connectivity index is 1.84. The van der Waals surface area contributed by atoms with E-state index in [1.165, 1.54) is 12.1 Å². The molecule has 1 saturated carbocycles. The molecule has 0 N–H and O–H groups in total. The quantitative estimate of drug-likeness (QED) is 0.849. The number of ether oxygens (including phenoxy) is 1. The van der Waals surface area contributed by atoms with E-state index < -0.39 is 23.8 Å². The topological polar surface area (TPSA) is 53.3 Å². The van der Waals surface area contributed by atoms with Crippen molar-refractivity contribution in [3.8, 4) is 6.07 Å². The minimum Gasteiger partial charge on any atom is -0.363 e. The lowest BCUT2D eigenvalue weighted by Crippen LogP contribution is -2.46. The van der Waals surface area contributed by atoms with Crippen molar-refractivity contribution in [3.05, 3.63) is 35.4 Å². The minimum absolute atomic E-state index is 0.0386. The standard InChI is InChI=1S/C17H17F3N2O2/c18-17(19,20)12-3-1-2-11(8-12)16(23)22(13-4-5-13)14-6-7-24-15(9-14)10-21/h1-3,8,13-15H,4-7,9H2/t14-,15+/m1/s1. The highest BCUT2D eigenvalue weighted by molar-refractivity contribution is 5.95. The lowest BCUT2D eigenvalue weighted by Gasteiger charge is -2.36. The highest BCUT2D eigenvalue weighted by Crippen LogP contribution is 2.35. The van der Waals surface area contributed by atoms with Crippen LogP contribution in [-0.4, -0.2) is 35.6 Å². The van der Waals surface area contributed by atoms with Gasteiger partial charge in [-0.3, -0.25) is 4.79 Å². The molecule has 0 aromatic heterocycles. The Kier molecular flexibility index (Phi) is 4.50. The summed E-state index contributed by atoms with van der Waals surface area (Å²) in [7, 11) is 0. The Bertz CT molecular complexity index is 665. The van der Waals surface area contributed by atoms with E-state index in [4.69, 9.17) is 10.00 Å². The SMILES string of the molecule is N#C[C@@H]1C[C@H](N(C(=O)c2cccc(C(F)(F)F)c2)C2CC2)CCO1. The molecule has 1 aliphatic carbocycles. The lowest BCUT2D eigenvalue weighted by molar-refractivity contribution is -0.137. The molecule has 2 atom stereocenters. The number of hydrogen-bond donors (Lipinski definition) is 0. The Labute approximate surface area is 137 Å². The van der Waals surface area contributed by atoms with Gasteiger partial charge in [0.1, 0.15) is 6.10 Å². The largest absolute Gasteiger partial charge is 0.416 e. The Morgan fingerprint density at radius 3 is 2.62 bits per heavy atom. The van der Waals surface area contributed by atoms with Crippen molar-refractivity contribution in [2.24, 2.45) is 0 Å². The second kappa shape index (κ2) is 6.44. The first kappa shape index (κ1) is 16.8. The number of nitrogens with zero attached hydrogens (tertiary/aromatic N) is 2. The maximum Gasteiger partial charge on any atom is 0.416 e. The van der Waals surface area contributed by atoms with E-state index >= 15 is 0 Å². The summed E-state index contributed by atoms with van der Waals surface area (Å²) in [4.78, 5) is 14.5. The van der Waals surface area contributed by atoms with Gasteiger partial charge in [-0.25, -0.2) is 0 Å². The normalized spacial score (nSPS) is 24.2. The van der Waals surface area contributed by atoms with E-state index in [-0.39, 0.29) is 17.6 Å². The van der Waals surface area contributed by atoms with Gasteiger partial charge in [-0.2, -0.15) is 18.4 Å². The molecule has 0 unspecified atom stereocenters. The summed E-state index contributed by atoms with van der Waals surface area (Å²) in [6, 6.07) is 6.45. The molecule has 1 amide bonds. The maximum atomic E-state index is 12.9. The van der Waals surface area contributed by atoms with Gasteiger partial charge in [0, 0.05) is 24.1 Å². The van der Waals surface area contributed by atoms with Crippen LogP contribution in [0.3, 0.4) is 0 Å². The summed E-state index contributed by atoms with van der Waals surface area (Å²) >= 11 is 0. The van der Waals surface area contributed by atoms with Crippen molar-refractivity contribution in [2.45, 2.75) is 50.0 Å². The highest BCUT2D eigenvalue weighted by atomic mass is 19.4. The number of halogens is 3. The number of alkyl halides is 3. The Morgan fingerprint density at radius 1 is 1.25 bits per heavy atom. The van der Waals surface area contributed by atoms with Crippen molar-refractivity contribution in [2.75, 3.05) is 6.61 Å². The van der Waals surface area contributed by atoms with Crippen molar-refractivity contribution in [1.29, 1.82) is 5.26 Å². The summed E-state index contributed by atoms with van der Waals surface area (Å²) in [6.07, 6.45) is -2.36. The van der Waals surface area contributed by atoms with Gasteiger partial charge < -0.3 is 9.64 Å². The first-order valence-corrected chi connectivity index (χ1v) is 7.91. The number of nitriles is 1. The first-order chi connectivity index (χ1) is 11.4. The molecular formula is C17H17F3N2O2. The van der Waals surface area contributed by atoms with Crippen LogP contribution in [0.5, 0.6) is 0 Å². The molecule has 1 aliphatic heterocycles. The molecule has 0 bridgehead atoms. The van der Waals surface area contributed by atoms with Crippen LogP contribution in [0.25, 0.3) is 0 Å². The van der Waals surface area contributed by atoms with E-state index in [2.05, 4.69) is 0 Å². The van der Waals surface area contributed by atoms with Crippen LogP contribution in [0.2, 0.25) is 0 Å². The summed E-state index contributed by atoms with van der Waals surface area (Å²) in [5.74, 6) is -0.396. The van der Waals surface area contributed by atoms with E-state index in [9.17, 15) is 18.0 Å². The number of carbonyl (C=O) groups is 1. The van der Waals surface area contributed by atoms with Gasteiger partial charge in [-0.1, -0.05) is 6.07 Å². The van der Waals surface area contributed by atoms with Crippen LogP contribution in [0.4, 0.5) is 13.2 Å². The number of carbonyl (C=O) groups excluding carboxylic acids is 1. The third-order valence-electron chi connectivity index (χ3n) is 4.41. The molecule has 1 aromatic rings. The Morgan fingerprint density at radius 2 is 2.00 bits per heavy atom. The van der Waals surface area contributed by atoms with Crippen LogP contribution in [0, 0.1) is 11.3 Å². The molecule has 1 heterocycles. The molecule has 1 aromatic carbocycles.